The van der Waals surface area contributed by atoms with Gasteiger partial charge in [-0.05, 0) is 54.3 Å². The van der Waals surface area contributed by atoms with Gasteiger partial charge in [-0.2, -0.15) is 0 Å². The van der Waals surface area contributed by atoms with Gasteiger partial charge in [0.2, 0.25) is 0 Å². The molecule has 5 heteroatoms. The summed E-state index contributed by atoms with van der Waals surface area (Å²) >= 11 is 0. The summed E-state index contributed by atoms with van der Waals surface area (Å²) in [6, 6.07) is 25.3. The summed E-state index contributed by atoms with van der Waals surface area (Å²) in [5.74, 6) is 3.05. The molecule has 4 heterocycles. The first-order valence-corrected chi connectivity index (χ1v) is 13.1. The van der Waals surface area contributed by atoms with Crippen molar-refractivity contribution in [3.8, 4) is 16.9 Å². The highest BCUT2D eigenvalue weighted by molar-refractivity contribution is 5.81. The van der Waals surface area contributed by atoms with Crippen LogP contribution in [0.15, 0.2) is 78.9 Å². The van der Waals surface area contributed by atoms with E-state index in [4.69, 9.17) is 14.7 Å². The molecule has 7 rings (SSSR count). The van der Waals surface area contributed by atoms with Crippen LogP contribution in [0.25, 0.3) is 28.2 Å². The van der Waals surface area contributed by atoms with E-state index in [2.05, 4.69) is 82.6 Å². The highest BCUT2D eigenvalue weighted by Crippen LogP contribution is 2.40. The number of hydrogen-bond acceptors (Lipinski definition) is 5. The van der Waals surface area contributed by atoms with E-state index in [1.165, 1.54) is 24.0 Å². The van der Waals surface area contributed by atoms with Gasteiger partial charge in [0.25, 0.3) is 0 Å². The lowest BCUT2D eigenvalue weighted by atomic mass is 9.87. The van der Waals surface area contributed by atoms with E-state index in [9.17, 15) is 0 Å². The largest absolute Gasteiger partial charge is 0.482 e. The Bertz CT molecular complexity index is 1430. The maximum absolute atomic E-state index is 6.68. The van der Waals surface area contributed by atoms with E-state index in [1.54, 1.807) is 0 Å². The molecule has 0 amide bonds. The Balaban J connectivity index is 1.13. The van der Waals surface area contributed by atoms with E-state index >= 15 is 0 Å². The summed E-state index contributed by atoms with van der Waals surface area (Å²) in [6.45, 7) is 3.92. The van der Waals surface area contributed by atoms with Crippen LogP contribution in [0.2, 0.25) is 0 Å². The highest BCUT2D eigenvalue weighted by atomic mass is 16.5. The van der Waals surface area contributed by atoms with Crippen molar-refractivity contribution < 1.29 is 4.74 Å². The molecule has 2 saturated heterocycles. The number of benzene rings is 3. The van der Waals surface area contributed by atoms with E-state index in [0.717, 1.165) is 73.0 Å². The minimum absolute atomic E-state index is 0.254. The second kappa shape index (κ2) is 8.66. The van der Waals surface area contributed by atoms with E-state index < -0.39 is 0 Å². The van der Waals surface area contributed by atoms with Crippen LogP contribution in [0.5, 0.6) is 5.75 Å². The standard InChI is InChI=1S/C31H30N4O/c1-2-8-23(9-3-1)24-12-13-28-25(22-24)14-15-31(36-28)16-20-35(21-17-31)30-29(34-18-6-7-19-34)32-26-10-4-5-11-27(26)33-30/h1-5,8-15,22H,6-7,16-21H2. The summed E-state index contributed by atoms with van der Waals surface area (Å²) in [5.41, 5.74) is 5.29. The van der Waals surface area contributed by atoms with Crippen LogP contribution < -0.4 is 14.5 Å². The van der Waals surface area contributed by atoms with Crippen molar-refractivity contribution in [3.05, 3.63) is 84.4 Å². The molecule has 0 saturated carbocycles. The van der Waals surface area contributed by atoms with Crippen LogP contribution in [0.4, 0.5) is 11.6 Å². The smallest absolute Gasteiger partial charge is 0.172 e. The highest BCUT2D eigenvalue weighted by Gasteiger charge is 2.38. The number of anilines is 2. The van der Waals surface area contributed by atoms with E-state index in [1.807, 2.05) is 12.1 Å². The van der Waals surface area contributed by atoms with Crippen molar-refractivity contribution in [3.63, 3.8) is 0 Å². The number of para-hydroxylation sites is 2. The summed E-state index contributed by atoms with van der Waals surface area (Å²) < 4.78 is 6.68. The first-order chi connectivity index (χ1) is 17.8. The van der Waals surface area contributed by atoms with E-state index in [-0.39, 0.29) is 5.60 Å². The first-order valence-electron chi connectivity index (χ1n) is 13.1. The molecule has 0 aliphatic carbocycles. The number of fused-ring (bicyclic) bond motifs is 2. The van der Waals surface area contributed by atoms with Crippen LogP contribution in [0.1, 0.15) is 31.2 Å². The molecule has 0 atom stereocenters. The molecule has 5 nitrogen and oxygen atoms in total. The second-order valence-corrected chi connectivity index (χ2v) is 10.2. The van der Waals surface area contributed by atoms with Gasteiger partial charge in [0.15, 0.2) is 11.6 Å². The average Bonchev–Trinajstić information content (AvgIpc) is 3.48. The molecular weight excluding hydrogens is 444 g/mol. The van der Waals surface area contributed by atoms with E-state index in [0.29, 0.717) is 0 Å². The number of hydrogen-bond donors (Lipinski definition) is 0. The fraction of sp³-hybridized carbons (Fsp3) is 0.290. The van der Waals surface area contributed by atoms with Crippen LogP contribution in [-0.2, 0) is 0 Å². The molecule has 0 bridgehead atoms. The fourth-order valence-electron chi connectivity index (χ4n) is 5.78. The molecule has 0 N–H and O–H groups in total. The number of aromatic nitrogens is 2. The van der Waals surface area contributed by atoms with Crippen LogP contribution in [0, 0.1) is 0 Å². The zero-order valence-electron chi connectivity index (χ0n) is 20.4. The topological polar surface area (TPSA) is 41.5 Å². The summed E-state index contributed by atoms with van der Waals surface area (Å²) in [4.78, 5) is 15.0. The summed E-state index contributed by atoms with van der Waals surface area (Å²) in [7, 11) is 0. The predicted molar refractivity (Wildman–Crippen MR) is 147 cm³/mol. The Morgan fingerprint density at radius 1 is 0.667 bits per heavy atom. The van der Waals surface area contributed by atoms with Gasteiger partial charge in [0.05, 0.1) is 11.0 Å². The summed E-state index contributed by atoms with van der Waals surface area (Å²) in [5, 5.41) is 0. The van der Waals surface area contributed by atoms with Gasteiger partial charge >= 0.3 is 0 Å². The minimum atomic E-state index is -0.254. The molecule has 180 valence electrons. The minimum Gasteiger partial charge on any atom is -0.482 e. The average molecular weight is 475 g/mol. The maximum atomic E-state index is 6.68. The van der Waals surface area contributed by atoms with Crippen molar-refractivity contribution in [2.45, 2.75) is 31.3 Å². The molecule has 1 aromatic heterocycles. The SMILES string of the molecule is C1=CC2(CCN(c3nc4ccccc4nc3N3CCCC3)CC2)Oc2ccc(-c3ccccc3)cc21. The number of nitrogens with zero attached hydrogens (tertiary/aromatic N) is 4. The quantitative estimate of drug-likeness (QED) is 0.346. The normalized spacial score (nSPS) is 18.4. The van der Waals surface area contributed by atoms with Crippen molar-refractivity contribution >= 4 is 28.7 Å². The Kier molecular flexibility index (Phi) is 5.16. The third-order valence-corrected chi connectivity index (χ3v) is 7.85. The molecule has 0 radical (unpaired) electrons. The predicted octanol–water partition coefficient (Wildman–Crippen LogP) is 6.34. The molecule has 3 aliphatic rings. The fourth-order valence-corrected chi connectivity index (χ4v) is 5.78. The van der Waals surface area contributed by atoms with Gasteiger partial charge < -0.3 is 14.5 Å². The molecule has 2 fully saturated rings. The molecule has 1 spiro atoms. The van der Waals surface area contributed by atoms with Crippen LogP contribution in [0.3, 0.4) is 0 Å². The van der Waals surface area contributed by atoms with Crippen LogP contribution >= 0.6 is 0 Å². The molecule has 3 aliphatic heterocycles. The lowest BCUT2D eigenvalue weighted by molar-refractivity contribution is 0.0891. The van der Waals surface area contributed by atoms with Gasteiger partial charge in [-0.15, -0.1) is 0 Å². The molecule has 36 heavy (non-hydrogen) atoms. The zero-order valence-corrected chi connectivity index (χ0v) is 20.4. The molecule has 4 aromatic rings. The van der Waals surface area contributed by atoms with Gasteiger partial charge in [-0.1, -0.05) is 54.6 Å². The number of piperidine rings is 1. The maximum Gasteiger partial charge on any atom is 0.172 e. The Hall–Kier alpha value is -3.86. The van der Waals surface area contributed by atoms with Gasteiger partial charge in [0, 0.05) is 44.6 Å². The Labute approximate surface area is 212 Å². The van der Waals surface area contributed by atoms with Gasteiger partial charge in [-0.25, -0.2) is 9.97 Å². The molecule has 0 unspecified atom stereocenters. The first kappa shape index (κ1) is 21.4. The number of rotatable bonds is 3. The Morgan fingerprint density at radius 2 is 1.31 bits per heavy atom. The lowest BCUT2D eigenvalue weighted by Gasteiger charge is -2.42. The van der Waals surface area contributed by atoms with Gasteiger partial charge in [-0.3, -0.25) is 0 Å². The third kappa shape index (κ3) is 3.79. The van der Waals surface area contributed by atoms with Crippen LogP contribution in [-0.4, -0.2) is 41.7 Å². The summed E-state index contributed by atoms with van der Waals surface area (Å²) in [6.07, 6.45) is 8.85. The molecule has 3 aromatic carbocycles. The lowest BCUT2D eigenvalue weighted by Crippen LogP contribution is -2.48. The van der Waals surface area contributed by atoms with Crippen molar-refractivity contribution in [2.24, 2.45) is 0 Å². The third-order valence-electron chi connectivity index (χ3n) is 7.85. The van der Waals surface area contributed by atoms with Crippen molar-refractivity contribution in [1.29, 1.82) is 0 Å². The van der Waals surface area contributed by atoms with Crippen molar-refractivity contribution in [1.82, 2.24) is 9.97 Å². The van der Waals surface area contributed by atoms with Gasteiger partial charge in [0.1, 0.15) is 11.4 Å². The molecular formula is C31H30N4O. The second-order valence-electron chi connectivity index (χ2n) is 10.2. The zero-order chi connectivity index (χ0) is 24.0. The van der Waals surface area contributed by atoms with Crippen molar-refractivity contribution in [2.75, 3.05) is 36.0 Å². The number of ether oxygens (including phenoxy) is 1. The monoisotopic (exact) mass is 474 g/mol. The Morgan fingerprint density at radius 3 is 2.00 bits per heavy atom.